The van der Waals surface area contributed by atoms with Gasteiger partial charge in [-0.3, -0.25) is 4.68 Å². The Bertz CT molecular complexity index is 1350. The first kappa shape index (κ1) is 24.8. The Balaban J connectivity index is 1.47. The van der Waals surface area contributed by atoms with Crippen LogP contribution >= 0.6 is 11.3 Å². The standard InChI is InChI=1S/C25H32N8OSSi/c1-36(2,3)13-11-34-18-32-10-5-21-22(29-17-30-23(21)32)19-14-31-33(16-19)25(6-7-26,20-4-8-27-15-20)24-28-9-12-35-24/h5,9-10,12,14,16-17,20,27H,4,6,8,11,13,15,18H2,1-3H3. The fourth-order valence-electron chi connectivity index (χ4n) is 4.92. The second-order valence-corrected chi connectivity index (χ2v) is 17.1. The van der Waals surface area contributed by atoms with Gasteiger partial charge in [0.25, 0.3) is 0 Å². The molecule has 0 amide bonds. The topological polar surface area (TPSA) is 106 Å². The second kappa shape index (κ2) is 10.2. The first-order valence-electron chi connectivity index (χ1n) is 12.3. The van der Waals surface area contributed by atoms with E-state index in [1.807, 2.05) is 39.3 Å². The van der Waals surface area contributed by atoms with E-state index in [1.54, 1.807) is 23.9 Å². The molecule has 0 bridgehead atoms. The van der Waals surface area contributed by atoms with Crippen LogP contribution in [0.3, 0.4) is 0 Å². The third-order valence-corrected chi connectivity index (χ3v) is 9.58. The molecule has 1 aliphatic rings. The summed E-state index contributed by atoms with van der Waals surface area (Å²) in [6, 6.07) is 5.59. The van der Waals surface area contributed by atoms with Crippen LogP contribution in [0.4, 0.5) is 0 Å². The van der Waals surface area contributed by atoms with Gasteiger partial charge in [0.15, 0.2) is 0 Å². The van der Waals surface area contributed by atoms with E-state index in [0.29, 0.717) is 13.2 Å². The van der Waals surface area contributed by atoms with Gasteiger partial charge in [-0.2, -0.15) is 10.4 Å². The summed E-state index contributed by atoms with van der Waals surface area (Å²) in [5, 5.41) is 21.9. The van der Waals surface area contributed by atoms with Gasteiger partial charge in [0.1, 0.15) is 29.3 Å². The monoisotopic (exact) mass is 520 g/mol. The average molecular weight is 521 g/mol. The van der Waals surface area contributed by atoms with Crippen LogP contribution in [0.1, 0.15) is 17.8 Å². The Morgan fingerprint density at radius 3 is 2.92 bits per heavy atom. The lowest BCUT2D eigenvalue weighted by molar-refractivity contribution is 0.0899. The molecule has 9 nitrogen and oxygen atoms in total. The second-order valence-electron chi connectivity index (χ2n) is 10.6. The number of rotatable bonds is 10. The van der Waals surface area contributed by atoms with E-state index in [2.05, 4.69) is 46.0 Å². The maximum absolute atomic E-state index is 9.86. The minimum absolute atomic E-state index is 0.218. The van der Waals surface area contributed by atoms with E-state index in [0.717, 1.165) is 59.5 Å². The van der Waals surface area contributed by atoms with Crippen molar-refractivity contribution in [3.63, 3.8) is 0 Å². The molecular formula is C25H32N8OSSi. The SMILES string of the molecule is C[Si](C)(C)CCOCn1ccc2c(-c3cnn(C(CC#N)(c4nccs4)C4CCNC4)c3)ncnc21. The molecule has 5 heterocycles. The highest BCUT2D eigenvalue weighted by atomic mass is 32.1. The van der Waals surface area contributed by atoms with Crippen molar-refractivity contribution in [3.05, 3.63) is 47.6 Å². The summed E-state index contributed by atoms with van der Waals surface area (Å²) >= 11 is 1.58. The van der Waals surface area contributed by atoms with Gasteiger partial charge in [0, 0.05) is 62.1 Å². The lowest BCUT2D eigenvalue weighted by Crippen LogP contribution is -2.43. The molecule has 188 valence electrons. The number of aromatic nitrogens is 6. The minimum Gasteiger partial charge on any atom is -0.361 e. The smallest absolute Gasteiger partial charge is 0.145 e. The van der Waals surface area contributed by atoms with Crippen molar-refractivity contribution in [1.82, 2.24) is 34.6 Å². The number of ether oxygens (including phenoxy) is 1. The Kier molecular flexibility index (Phi) is 7.03. The molecule has 1 aliphatic heterocycles. The number of nitrogens with zero attached hydrogens (tertiary/aromatic N) is 7. The first-order chi connectivity index (χ1) is 17.4. The van der Waals surface area contributed by atoms with Crippen molar-refractivity contribution in [1.29, 1.82) is 5.26 Å². The van der Waals surface area contributed by atoms with Gasteiger partial charge in [-0.25, -0.2) is 15.0 Å². The number of hydrogen-bond donors (Lipinski definition) is 1. The highest BCUT2D eigenvalue weighted by Crippen LogP contribution is 2.42. The van der Waals surface area contributed by atoms with Gasteiger partial charge >= 0.3 is 0 Å². The van der Waals surface area contributed by atoms with Crippen LogP contribution in [-0.2, 0) is 17.0 Å². The largest absolute Gasteiger partial charge is 0.361 e. The van der Waals surface area contributed by atoms with Gasteiger partial charge in [-0.05, 0) is 25.1 Å². The van der Waals surface area contributed by atoms with Gasteiger partial charge < -0.3 is 14.6 Å². The van der Waals surface area contributed by atoms with Crippen LogP contribution in [-0.4, -0.2) is 57.1 Å². The maximum atomic E-state index is 9.86. The number of hydrogen-bond acceptors (Lipinski definition) is 8. The fraction of sp³-hybridized carbons (Fsp3) is 0.480. The zero-order valence-corrected chi connectivity index (χ0v) is 22.8. The molecular weight excluding hydrogens is 488 g/mol. The summed E-state index contributed by atoms with van der Waals surface area (Å²) in [5.41, 5.74) is 1.93. The molecule has 4 aromatic rings. The van der Waals surface area contributed by atoms with E-state index in [1.165, 1.54) is 0 Å². The first-order valence-corrected chi connectivity index (χ1v) is 16.9. The number of thiazole rings is 1. The van der Waals surface area contributed by atoms with Crippen LogP contribution < -0.4 is 5.32 Å². The highest BCUT2D eigenvalue weighted by Gasteiger charge is 2.46. The molecule has 1 saturated heterocycles. The van der Waals surface area contributed by atoms with Gasteiger partial charge in [0.2, 0.25) is 0 Å². The third kappa shape index (κ3) is 4.74. The van der Waals surface area contributed by atoms with Crippen LogP contribution in [0, 0.1) is 17.2 Å². The van der Waals surface area contributed by atoms with E-state index in [4.69, 9.17) is 9.84 Å². The zero-order valence-electron chi connectivity index (χ0n) is 21.0. The molecule has 0 aliphatic carbocycles. The molecule has 36 heavy (non-hydrogen) atoms. The summed E-state index contributed by atoms with van der Waals surface area (Å²) in [5.74, 6) is 0.218. The van der Waals surface area contributed by atoms with Crippen molar-refractivity contribution in [3.8, 4) is 17.3 Å². The molecule has 4 aromatic heterocycles. The Labute approximate surface area is 216 Å². The molecule has 5 rings (SSSR count). The van der Waals surface area contributed by atoms with Gasteiger partial charge in [-0.1, -0.05) is 19.6 Å². The molecule has 2 atom stereocenters. The summed E-state index contributed by atoms with van der Waals surface area (Å²) in [6.45, 7) is 10.0. The molecule has 0 spiro atoms. The van der Waals surface area contributed by atoms with E-state index >= 15 is 0 Å². The normalized spacial score (nSPS) is 17.9. The Hall–Kier alpha value is -2.91. The Morgan fingerprint density at radius 1 is 1.31 bits per heavy atom. The van der Waals surface area contributed by atoms with Crippen molar-refractivity contribution < 1.29 is 4.74 Å². The molecule has 1 N–H and O–H groups in total. The van der Waals surface area contributed by atoms with Crippen molar-refractivity contribution in [2.45, 2.75) is 50.8 Å². The maximum Gasteiger partial charge on any atom is 0.145 e. The molecule has 0 radical (unpaired) electrons. The minimum atomic E-state index is -1.13. The summed E-state index contributed by atoms with van der Waals surface area (Å²) in [7, 11) is -1.13. The van der Waals surface area contributed by atoms with Gasteiger partial charge in [0.05, 0.1) is 24.4 Å². The highest BCUT2D eigenvalue weighted by molar-refractivity contribution is 7.09. The number of nitrogens with one attached hydrogen (secondary N) is 1. The fourth-order valence-corrected chi connectivity index (χ4v) is 6.59. The molecule has 1 fully saturated rings. The van der Waals surface area contributed by atoms with E-state index in [9.17, 15) is 5.26 Å². The van der Waals surface area contributed by atoms with Crippen LogP contribution in [0.25, 0.3) is 22.3 Å². The van der Waals surface area contributed by atoms with Crippen molar-refractivity contribution >= 4 is 30.4 Å². The molecule has 11 heteroatoms. The molecule has 0 saturated carbocycles. The van der Waals surface area contributed by atoms with Crippen molar-refractivity contribution in [2.24, 2.45) is 5.92 Å². The van der Waals surface area contributed by atoms with E-state index < -0.39 is 13.6 Å². The number of nitriles is 1. The predicted octanol–water partition coefficient (Wildman–Crippen LogP) is 4.33. The number of fused-ring (bicyclic) bond motifs is 1. The van der Waals surface area contributed by atoms with Gasteiger partial charge in [-0.15, -0.1) is 11.3 Å². The summed E-state index contributed by atoms with van der Waals surface area (Å²) in [4.78, 5) is 13.8. The molecule has 0 aromatic carbocycles. The summed E-state index contributed by atoms with van der Waals surface area (Å²) in [6.07, 6.45) is 10.5. The zero-order chi connectivity index (χ0) is 25.2. The predicted molar refractivity (Wildman–Crippen MR) is 143 cm³/mol. The lowest BCUT2D eigenvalue weighted by atomic mass is 9.81. The quantitative estimate of drug-likeness (QED) is 0.245. The van der Waals surface area contributed by atoms with Crippen LogP contribution in [0.5, 0.6) is 0 Å². The summed E-state index contributed by atoms with van der Waals surface area (Å²) < 4.78 is 9.93. The third-order valence-electron chi connectivity index (χ3n) is 6.93. The van der Waals surface area contributed by atoms with Crippen molar-refractivity contribution in [2.75, 3.05) is 19.7 Å². The van der Waals surface area contributed by atoms with E-state index in [-0.39, 0.29) is 5.92 Å². The Morgan fingerprint density at radius 2 is 2.19 bits per heavy atom. The lowest BCUT2D eigenvalue weighted by Gasteiger charge is -2.35. The van der Waals surface area contributed by atoms with Crippen LogP contribution in [0.15, 0.2) is 42.6 Å². The molecule has 2 unspecified atom stereocenters. The van der Waals surface area contributed by atoms with Crippen LogP contribution in [0.2, 0.25) is 25.7 Å². The average Bonchev–Trinajstić information content (AvgIpc) is 3.67.